The van der Waals surface area contributed by atoms with Crippen molar-refractivity contribution in [2.45, 2.75) is 0 Å². The molecule has 0 aliphatic rings. The van der Waals surface area contributed by atoms with Crippen LogP contribution in [0.5, 0.6) is 0 Å². The van der Waals surface area contributed by atoms with Gasteiger partial charge in [0.25, 0.3) is 5.91 Å². The van der Waals surface area contributed by atoms with Crippen molar-refractivity contribution >= 4 is 29.3 Å². The van der Waals surface area contributed by atoms with Gasteiger partial charge < -0.3 is 10.4 Å². The molecule has 0 radical (unpaired) electrons. The molecule has 0 spiro atoms. The number of carboxylic acids is 1. The van der Waals surface area contributed by atoms with Crippen LogP contribution in [0.3, 0.4) is 0 Å². The summed E-state index contributed by atoms with van der Waals surface area (Å²) in [6, 6.07) is 4.71. The number of H-pyrrole nitrogens is 1. The summed E-state index contributed by atoms with van der Waals surface area (Å²) in [6.45, 7) is 0. The number of amides is 1. The lowest BCUT2D eigenvalue weighted by Crippen LogP contribution is -2.12. The van der Waals surface area contributed by atoms with Crippen LogP contribution in [0, 0.1) is 5.82 Å². The maximum absolute atomic E-state index is 13.2. The van der Waals surface area contributed by atoms with Crippen LogP contribution >= 0.6 is 11.6 Å². The van der Waals surface area contributed by atoms with Crippen molar-refractivity contribution in [2.24, 2.45) is 0 Å². The SMILES string of the molecule is O=C(Nc1cc(C(=O)O)[nH]n1)c1ccc(Cl)c(F)c1. The standard InChI is InChI=1S/C11H7ClFN3O3/c12-6-2-1-5(3-7(6)13)10(17)14-9-4-8(11(18)19)15-16-9/h1-4H,(H,18,19)(H2,14,15,16,17). The Morgan fingerprint density at radius 2 is 2.11 bits per heavy atom. The fourth-order valence-electron chi connectivity index (χ4n) is 1.32. The summed E-state index contributed by atoms with van der Waals surface area (Å²) in [5, 5.41) is 16.7. The topological polar surface area (TPSA) is 95.1 Å². The summed E-state index contributed by atoms with van der Waals surface area (Å²) in [5.41, 5.74) is -0.126. The molecule has 2 aromatic rings. The number of nitrogens with one attached hydrogen (secondary N) is 2. The van der Waals surface area contributed by atoms with Crippen LogP contribution in [0.25, 0.3) is 0 Å². The number of halogens is 2. The number of carboxylic acid groups (broad SMARTS) is 1. The monoisotopic (exact) mass is 283 g/mol. The molecule has 0 saturated heterocycles. The van der Waals surface area contributed by atoms with E-state index in [-0.39, 0.29) is 22.1 Å². The summed E-state index contributed by atoms with van der Waals surface area (Å²) < 4.78 is 13.2. The van der Waals surface area contributed by atoms with E-state index in [4.69, 9.17) is 16.7 Å². The molecule has 6 nitrogen and oxygen atoms in total. The lowest BCUT2D eigenvalue weighted by molar-refractivity contribution is 0.0690. The van der Waals surface area contributed by atoms with Gasteiger partial charge in [-0.2, -0.15) is 5.10 Å². The predicted molar refractivity (Wildman–Crippen MR) is 64.9 cm³/mol. The van der Waals surface area contributed by atoms with Gasteiger partial charge in [0.1, 0.15) is 11.5 Å². The van der Waals surface area contributed by atoms with E-state index in [9.17, 15) is 14.0 Å². The minimum absolute atomic E-state index is 0.0257. The number of anilines is 1. The van der Waals surface area contributed by atoms with Crippen molar-refractivity contribution in [3.63, 3.8) is 0 Å². The molecule has 0 aliphatic carbocycles. The molecule has 0 atom stereocenters. The second-order valence-corrected chi connectivity index (χ2v) is 3.96. The molecule has 1 aromatic carbocycles. The molecule has 3 N–H and O–H groups in total. The van der Waals surface area contributed by atoms with Crippen molar-refractivity contribution in [3.8, 4) is 0 Å². The van der Waals surface area contributed by atoms with Gasteiger partial charge in [-0.1, -0.05) is 11.6 Å². The average molecular weight is 284 g/mol. The second-order valence-electron chi connectivity index (χ2n) is 3.56. The third-order valence-corrected chi connectivity index (χ3v) is 2.54. The number of nitrogens with zero attached hydrogens (tertiary/aromatic N) is 1. The van der Waals surface area contributed by atoms with Gasteiger partial charge in [0.15, 0.2) is 5.82 Å². The lowest BCUT2D eigenvalue weighted by atomic mass is 10.2. The highest BCUT2D eigenvalue weighted by Gasteiger charge is 2.12. The molecule has 0 saturated carbocycles. The lowest BCUT2D eigenvalue weighted by Gasteiger charge is -2.02. The van der Waals surface area contributed by atoms with Gasteiger partial charge in [-0.05, 0) is 18.2 Å². The van der Waals surface area contributed by atoms with Crippen LogP contribution < -0.4 is 5.32 Å². The van der Waals surface area contributed by atoms with Crippen LogP contribution in [-0.4, -0.2) is 27.2 Å². The summed E-state index contributed by atoms with van der Waals surface area (Å²) >= 11 is 5.49. The summed E-state index contributed by atoms with van der Waals surface area (Å²) in [4.78, 5) is 22.3. The molecule has 0 unspecified atom stereocenters. The van der Waals surface area contributed by atoms with Crippen LogP contribution in [0.2, 0.25) is 5.02 Å². The highest BCUT2D eigenvalue weighted by atomic mass is 35.5. The number of hydrogen-bond acceptors (Lipinski definition) is 3. The highest BCUT2D eigenvalue weighted by Crippen LogP contribution is 2.16. The minimum Gasteiger partial charge on any atom is -0.477 e. The highest BCUT2D eigenvalue weighted by molar-refractivity contribution is 6.30. The fraction of sp³-hybridized carbons (Fsp3) is 0. The Bertz CT molecular complexity index is 656. The van der Waals surface area contributed by atoms with Crippen LogP contribution in [0.1, 0.15) is 20.8 Å². The van der Waals surface area contributed by atoms with E-state index in [0.717, 1.165) is 12.1 Å². The number of aromatic carboxylic acids is 1. The fourth-order valence-corrected chi connectivity index (χ4v) is 1.44. The maximum atomic E-state index is 13.2. The van der Waals surface area contributed by atoms with E-state index in [1.54, 1.807) is 0 Å². The third-order valence-electron chi connectivity index (χ3n) is 2.23. The minimum atomic E-state index is -1.20. The second kappa shape index (κ2) is 5.07. The van der Waals surface area contributed by atoms with Crippen LogP contribution in [-0.2, 0) is 0 Å². The number of carbonyl (C=O) groups is 2. The molecule has 2 rings (SSSR count). The van der Waals surface area contributed by atoms with Crippen molar-refractivity contribution in [1.29, 1.82) is 0 Å². The Kier molecular flexibility index (Phi) is 3.48. The Morgan fingerprint density at radius 1 is 1.37 bits per heavy atom. The predicted octanol–water partition coefficient (Wildman–Crippen LogP) is 2.15. The van der Waals surface area contributed by atoms with Gasteiger partial charge >= 0.3 is 5.97 Å². The molecule has 1 amide bonds. The summed E-state index contributed by atoms with van der Waals surface area (Å²) in [5.74, 6) is -2.52. The third kappa shape index (κ3) is 2.89. The van der Waals surface area contributed by atoms with Gasteiger partial charge in [-0.15, -0.1) is 0 Å². The van der Waals surface area contributed by atoms with Gasteiger partial charge in [-0.3, -0.25) is 9.89 Å². The molecule has 0 bridgehead atoms. The van der Waals surface area contributed by atoms with E-state index in [0.29, 0.717) is 0 Å². The first-order valence-corrected chi connectivity index (χ1v) is 5.40. The molecular weight excluding hydrogens is 277 g/mol. The average Bonchev–Trinajstić information content (AvgIpc) is 2.81. The van der Waals surface area contributed by atoms with Gasteiger partial charge in [-0.25, -0.2) is 9.18 Å². The molecular formula is C11H7ClFN3O3. The Morgan fingerprint density at radius 3 is 2.68 bits per heavy atom. The smallest absolute Gasteiger partial charge is 0.353 e. The number of benzene rings is 1. The van der Waals surface area contributed by atoms with Gasteiger partial charge in [0, 0.05) is 11.6 Å². The maximum Gasteiger partial charge on any atom is 0.353 e. The van der Waals surface area contributed by atoms with Gasteiger partial charge in [0.2, 0.25) is 0 Å². The number of carbonyl (C=O) groups excluding carboxylic acids is 1. The molecule has 19 heavy (non-hydrogen) atoms. The van der Waals surface area contributed by atoms with Crippen LogP contribution in [0.4, 0.5) is 10.2 Å². The van der Waals surface area contributed by atoms with Crippen molar-refractivity contribution in [1.82, 2.24) is 10.2 Å². The number of aromatic amines is 1. The van der Waals surface area contributed by atoms with E-state index in [1.807, 2.05) is 0 Å². The molecule has 0 aliphatic heterocycles. The zero-order valence-electron chi connectivity index (χ0n) is 9.28. The van der Waals surface area contributed by atoms with E-state index in [2.05, 4.69) is 15.5 Å². The van der Waals surface area contributed by atoms with Crippen molar-refractivity contribution < 1.29 is 19.1 Å². The number of hydrogen-bond donors (Lipinski definition) is 3. The molecule has 98 valence electrons. The normalized spacial score (nSPS) is 10.2. The molecule has 0 fully saturated rings. The van der Waals surface area contributed by atoms with Gasteiger partial charge in [0.05, 0.1) is 5.02 Å². The molecule has 1 heterocycles. The first-order valence-electron chi connectivity index (χ1n) is 5.02. The largest absolute Gasteiger partial charge is 0.477 e. The Balaban J connectivity index is 2.15. The quantitative estimate of drug-likeness (QED) is 0.804. The van der Waals surface area contributed by atoms with E-state index >= 15 is 0 Å². The van der Waals surface area contributed by atoms with E-state index < -0.39 is 17.7 Å². The molecule has 1 aromatic heterocycles. The number of rotatable bonds is 3. The van der Waals surface area contributed by atoms with Crippen molar-refractivity contribution in [3.05, 3.63) is 46.4 Å². The summed E-state index contributed by atoms with van der Waals surface area (Å²) in [7, 11) is 0. The zero-order valence-corrected chi connectivity index (χ0v) is 10.0. The Hall–Kier alpha value is -2.41. The first-order chi connectivity index (χ1) is 8.97. The molecule has 8 heteroatoms. The first kappa shape index (κ1) is 13.0. The zero-order chi connectivity index (χ0) is 14.0. The number of aromatic nitrogens is 2. The van der Waals surface area contributed by atoms with Crippen LogP contribution in [0.15, 0.2) is 24.3 Å². The summed E-state index contributed by atoms with van der Waals surface area (Å²) in [6.07, 6.45) is 0. The van der Waals surface area contributed by atoms with E-state index in [1.165, 1.54) is 12.1 Å². The van der Waals surface area contributed by atoms with Crippen molar-refractivity contribution in [2.75, 3.05) is 5.32 Å². The Labute approximate surface area is 111 Å².